The Labute approximate surface area is 88.1 Å². The Balaban J connectivity index is 2.46. The second kappa shape index (κ2) is 3.76. The summed E-state index contributed by atoms with van der Waals surface area (Å²) in [4.78, 5) is 9.69. The van der Waals surface area contributed by atoms with Gasteiger partial charge in [0.15, 0.2) is 4.77 Å². The van der Waals surface area contributed by atoms with E-state index in [0.29, 0.717) is 11.3 Å². The SMILES string of the molecule is CN1Cc2[nH]c(=S)nc(CCN)c2C1. The van der Waals surface area contributed by atoms with E-state index >= 15 is 0 Å². The van der Waals surface area contributed by atoms with Crippen molar-refractivity contribution in [3.05, 3.63) is 21.7 Å². The third-order valence-electron chi connectivity index (χ3n) is 2.44. The Morgan fingerprint density at radius 3 is 3.07 bits per heavy atom. The molecule has 0 atom stereocenters. The zero-order valence-electron chi connectivity index (χ0n) is 8.21. The number of aromatic nitrogens is 2. The van der Waals surface area contributed by atoms with Gasteiger partial charge in [-0.2, -0.15) is 0 Å². The summed E-state index contributed by atoms with van der Waals surface area (Å²) in [5.74, 6) is 0. The van der Waals surface area contributed by atoms with Gasteiger partial charge in [-0.3, -0.25) is 4.90 Å². The Kier molecular flexibility index (Phi) is 2.62. The average molecular weight is 210 g/mol. The first-order valence-corrected chi connectivity index (χ1v) is 5.11. The molecule has 1 aliphatic rings. The van der Waals surface area contributed by atoms with Gasteiger partial charge in [-0.05, 0) is 25.8 Å². The second-order valence-electron chi connectivity index (χ2n) is 3.66. The van der Waals surface area contributed by atoms with Crippen molar-refractivity contribution >= 4 is 12.2 Å². The maximum absolute atomic E-state index is 5.54. The molecule has 2 rings (SSSR count). The van der Waals surface area contributed by atoms with Crippen LogP contribution in [-0.4, -0.2) is 28.5 Å². The molecule has 14 heavy (non-hydrogen) atoms. The smallest absolute Gasteiger partial charge is 0.197 e. The second-order valence-corrected chi connectivity index (χ2v) is 4.04. The van der Waals surface area contributed by atoms with Crippen LogP contribution < -0.4 is 5.73 Å². The van der Waals surface area contributed by atoms with E-state index in [2.05, 4.69) is 21.9 Å². The highest BCUT2D eigenvalue weighted by atomic mass is 32.1. The summed E-state index contributed by atoms with van der Waals surface area (Å²) in [6, 6.07) is 0. The van der Waals surface area contributed by atoms with Gasteiger partial charge < -0.3 is 10.7 Å². The third kappa shape index (κ3) is 1.70. The predicted octanol–water partition coefficient (Wildman–Crippen LogP) is 0.586. The van der Waals surface area contributed by atoms with Crippen LogP contribution in [0.4, 0.5) is 0 Å². The number of nitrogens with one attached hydrogen (secondary N) is 1. The molecule has 3 N–H and O–H groups in total. The Bertz CT molecular complexity index is 398. The monoisotopic (exact) mass is 210 g/mol. The molecule has 0 bridgehead atoms. The average Bonchev–Trinajstić information content (AvgIpc) is 2.45. The summed E-state index contributed by atoms with van der Waals surface area (Å²) in [5, 5.41) is 0. The maximum atomic E-state index is 5.54. The van der Waals surface area contributed by atoms with E-state index < -0.39 is 0 Å². The van der Waals surface area contributed by atoms with Crippen molar-refractivity contribution in [3.8, 4) is 0 Å². The Morgan fingerprint density at radius 2 is 2.36 bits per heavy atom. The number of aromatic amines is 1. The normalized spacial score (nSPS) is 15.9. The minimum absolute atomic E-state index is 0.572. The van der Waals surface area contributed by atoms with Crippen LogP contribution in [0.15, 0.2) is 0 Å². The summed E-state index contributed by atoms with van der Waals surface area (Å²) in [5.41, 5.74) is 9.10. The van der Waals surface area contributed by atoms with Gasteiger partial charge in [0.1, 0.15) is 0 Å². The number of hydrogen-bond acceptors (Lipinski definition) is 4. The molecular formula is C9H14N4S. The number of rotatable bonds is 2. The van der Waals surface area contributed by atoms with Gasteiger partial charge in [0.2, 0.25) is 0 Å². The largest absolute Gasteiger partial charge is 0.333 e. The summed E-state index contributed by atoms with van der Waals surface area (Å²) >= 11 is 5.07. The fourth-order valence-corrected chi connectivity index (χ4v) is 2.09. The van der Waals surface area contributed by atoms with E-state index in [9.17, 15) is 0 Å². The highest BCUT2D eigenvalue weighted by molar-refractivity contribution is 7.71. The standard InChI is InChI=1S/C9H14N4S/c1-13-4-6-7(2-3-10)11-9(14)12-8(6)5-13/h2-5,10H2,1H3,(H,11,12,14). The lowest BCUT2D eigenvalue weighted by molar-refractivity contribution is 0.350. The van der Waals surface area contributed by atoms with Crippen LogP contribution in [0.1, 0.15) is 17.0 Å². The fraction of sp³-hybridized carbons (Fsp3) is 0.556. The summed E-state index contributed by atoms with van der Waals surface area (Å²) in [6.07, 6.45) is 0.814. The molecule has 0 aromatic carbocycles. The molecule has 4 nitrogen and oxygen atoms in total. The first-order chi connectivity index (χ1) is 6.70. The van der Waals surface area contributed by atoms with E-state index in [4.69, 9.17) is 18.0 Å². The number of H-pyrrole nitrogens is 1. The van der Waals surface area contributed by atoms with Crippen molar-refractivity contribution in [3.63, 3.8) is 0 Å². The molecule has 0 saturated heterocycles. The van der Waals surface area contributed by atoms with Crippen molar-refractivity contribution in [1.82, 2.24) is 14.9 Å². The van der Waals surface area contributed by atoms with E-state index in [0.717, 1.165) is 25.2 Å². The lowest BCUT2D eigenvalue weighted by Gasteiger charge is -2.05. The summed E-state index contributed by atoms with van der Waals surface area (Å²) < 4.78 is 0.572. The highest BCUT2D eigenvalue weighted by Crippen LogP contribution is 2.21. The molecule has 76 valence electrons. The van der Waals surface area contributed by atoms with Crippen LogP contribution in [0.2, 0.25) is 0 Å². The molecule has 0 amide bonds. The van der Waals surface area contributed by atoms with Crippen LogP contribution in [-0.2, 0) is 19.5 Å². The van der Waals surface area contributed by atoms with Crippen molar-refractivity contribution in [1.29, 1.82) is 0 Å². The van der Waals surface area contributed by atoms with E-state index in [1.165, 1.54) is 11.3 Å². The first kappa shape index (κ1) is 9.76. The van der Waals surface area contributed by atoms with E-state index in [-0.39, 0.29) is 0 Å². The number of nitrogens with zero attached hydrogens (tertiary/aromatic N) is 2. The molecule has 0 fully saturated rings. The van der Waals surface area contributed by atoms with Gasteiger partial charge >= 0.3 is 0 Å². The van der Waals surface area contributed by atoms with Gasteiger partial charge in [-0.1, -0.05) is 0 Å². The molecule has 0 unspecified atom stereocenters. The molecular weight excluding hydrogens is 196 g/mol. The lowest BCUT2D eigenvalue weighted by Crippen LogP contribution is -2.10. The van der Waals surface area contributed by atoms with Crippen molar-refractivity contribution in [2.45, 2.75) is 19.5 Å². The van der Waals surface area contributed by atoms with Crippen molar-refractivity contribution in [2.24, 2.45) is 5.73 Å². The van der Waals surface area contributed by atoms with Crippen LogP contribution in [0.5, 0.6) is 0 Å². The van der Waals surface area contributed by atoms with E-state index in [1.807, 2.05) is 0 Å². The zero-order chi connectivity index (χ0) is 10.1. The Hall–Kier alpha value is -0.780. The molecule has 1 aromatic rings. The first-order valence-electron chi connectivity index (χ1n) is 4.70. The van der Waals surface area contributed by atoms with Crippen LogP contribution in [0.25, 0.3) is 0 Å². The van der Waals surface area contributed by atoms with Gasteiger partial charge in [0.05, 0.1) is 5.69 Å². The number of fused-ring (bicyclic) bond motifs is 1. The topological polar surface area (TPSA) is 57.9 Å². The van der Waals surface area contributed by atoms with Crippen LogP contribution in [0, 0.1) is 4.77 Å². The number of hydrogen-bond donors (Lipinski definition) is 2. The number of nitrogens with two attached hydrogens (primary N) is 1. The Morgan fingerprint density at radius 1 is 1.57 bits per heavy atom. The molecule has 2 heterocycles. The van der Waals surface area contributed by atoms with Gasteiger partial charge in [-0.25, -0.2) is 4.98 Å². The molecule has 0 saturated carbocycles. The van der Waals surface area contributed by atoms with Crippen LogP contribution >= 0.6 is 12.2 Å². The fourth-order valence-electron chi connectivity index (χ4n) is 1.86. The summed E-state index contributed by atoms with van der Waals surface area (Å²) in [6.45, 7) is 2.50. The minimum atomic E-state index is 0.572. The van der Waals surface area contributed by atoms with Gasteiger partial charge in [0, 0.05) is 30.8 Å². The molecule has 1 aromatic heterocycles. The van der Waals surface area contributed by atoms with Crippen LogP contribution in [0.3, 0.4) is 0 Å². The molecule has 5 heteroatoms. The van der Waals surface area contributed by atoms with Gasteiger partial charge in [-0.15, -0.1) is 0 Å². The van der Waals surface area contributed by atoms with Gasteiger partial charge in [0.25, 0.3) is 0 Å². The predicted molar refractivity (Wildman–Crippen MR) is 57.4 cm³/mol. The third-order valence-corrected chi connectivity index (χ3v) is 2.64. The zero-order valence-corrected chi connectivity index (χ0v) is 9.02. The van der Waals surface area contributed by atoms with E-state index in [1.54, 1.807) is 0 Å². The lowest BCUT2D eigenvalue weighted by atomic mass is 10.1. The quantitative estimate of drug-likeness (QED) is 0.701. The van der Waals surface area contributed by atoms with Crippen molar-refractivity contribution < 1.29 is 0 Å². The molecule has 0 aliphatic carbocycles. The maximum Gasteiger partial charge on any atom is 0.197 e. The highest BCUT2D eigenvalue weighted by Gasteiger charge is 2.19. The molecule has 0 radical (unpaired) electrons. The minimum Gasteiger partial charge on any atom is -0.333 e. The summed E-state index contributed by atoms with van der Waals surface area (Å²) in [7, 11) is 2.09. The van der Waals surface area contributed by atoms with Crippen molar-refractivity contribution in [2.75, 3.05) is 13.6 Å². The molecule has 0 spiro atoms. The molecule has 1 aliphatic heterocycles.